The van der Waals surface area contributed by atoms with Crippen molar-refractivity contribution in [3.05, 3.63) is 0 Å². The Kier molecular flexibility index (Phi) is 5.73. The zero-order valence-electron chi connectivity index (χ0n) is 11.2. The maximum absolute atomic E-state index is 5.96. The number of methoxy groups -OCH3 is 1. The van der Waals surface area contributed by atoms with E-state index in [1.807, 2.05) is 0 Å². The minimum atomic E-state index is 0.363. The van der Waals surface area contributed by atoms with Crippen LogP contribution in [-0.2, 0) is 9.47 Å². The lowest BCUT2D eigenvalue weighted by Crippen LogP contribution is -2.45. The molecule has 16 heavy (non-hydrogen) atoms. The minimum absolute atomic E-state index is 0.363. The van der Waals surface area contributed by atoms with Crippen LogP contribution in [0.5, 0.6) is 0 Å². The summed E-state index contributed by atoms with van der Waals surface area (Å²) in [5.41, 5.74) is 0.363. The molecule has 0 aromatic heterocycles. The lowest BCUT2D eigenvalue weighted by Gasteiger charge is -2.31. The van der Waals surface area contributed by atoms with Crippen molar-refractivity contribution in [3.8, 4) is 0 Å². The fourth-order valence-corrected chi connectivity index (χ4v) is 2.58. The summed E-state index contributed by atoms with van der Waals surface area (Å²) in [6.07, 6.45) is 3.80. The van der Waals surface area contributed by atoms with E-state index in [0.717, 1.165) is 26.2 Å². The molecular formula is C13H27NO2. The van der Waals surface area contributed by atoms with Gasteiger partial charge in [0.05, 0.1) is 6.10 Å². The van der Waals surface area contributed by atoms with Crippen LogP contribution in [0.1, 0.15) is 40.0 Å². The highest BCUT2D eigenvalue weighted by molar-refractivity contribution is 4.97. The van der Waals surface area contributed by atoms with Crippen molar-refractivity contribution in [2.45, 2.75) is 52.2 Å². The number of ether oxygens (including phenoxy) is 2. The van der Waals surface area contributed by atoms with Gasteiger partial charge in [0.2, 0.25) is 0 Å². The normalized spacial score (nSPS) is 28.5. The van der Waals surface area contributed by atoms with E-state index in [-0.39, 0.29) is 0 Å². The Hall–Kier alpha value is -0.120. The molecule has 3 nitrogen and oxygen atoms in total. The maximum atomic E-state index is 5.96. The van der Waals surface area contributed by atoms with E-state index in [1.165, 1.54) is 12.8 Å². The third-order valence-electron chi connectivity index (χ3n) is 3.54. The molecule has 1 N–H and O–H groups in total. The van der Waals surface area contributed by atoms with Crippen LogP contribution >= 0.6 is 0 Å². The van der Waals surface area contributed by atoms with Crippen LogP contribution in [0, 0.1) is 5.41 Å². The molecule has 0 bridgehead atoms. The van der Waals surface area contributed by atoms with E-state index < -0.39 is 0 Å². The van der Waals surface area contributed by atoms with Crippen molar-refractivity contribution >= 4 is 0 Å². The van der Waals surface area contributed by atoms with Crippen molar-refractivity contribution in [1.82, 2.24) is 5.32 Å². The standard InChI is InChI=1S/C13H27NO2/c1-5-14-12-11(7-8-13(12,2)3)16-10-6-9-15-4/h11-12,14H,5-10H2,1-4H3. The molecule has 1 aliphatic rings. The quantitative estimate of drug-likeness (QED) is 0.679. The lowest BCUT2D eigenvalue weighted by molar-refractivity contribution is 0.0174. The first-order valence-electron chi connectivity index (χ1n) is 6.45. The van der Waals surface area contributed by atoms with E-state index in [2.05, 4.69) is 26.1 Å². The summed E-state index contributed by atoms with van der Waals surface area (Å²) >= 11 is 0. The Balaban J connectivity index is 2.34. The van der Waals surface area contributed by atoms with Gasteiger partial charge in [0.25, 0.3) is 0 Å². The summed E-state index contributed by atoms with van der Waals surface area (Å²) in [6.45, 7) is 9.46. The second kappa shape index (κ2) is 6.58. The molecule has 1 aliphatic carbocycles. The highest BCUT2D eigenvalue weighted by Crippen LogP contribution is 2.38. The number of hydrogen-bond donors (Lipinski definition) is 1. The van der Waals surface area contributed by atoms with Crippen LogP contribution < -0.4 is 5.32 Å². The van der Waals surface area contributed by atoms with Crippen LogP contribution in [0.15, 0.2) is 0 Å². The van der Waals surface area contributed by atoms with Crippen LogP contribution in [0.25, 0.3) is 0 Å². The van der Waals surface area contributed by atoms with Crippen molar-refractivity contribution in [1.29, 1.82) is 0 Å². The smallest absolute Gasteiger partial charge is 0.0733 e. The van der Waals surface area contributed by atoms with Gasteiger partial charge in [-0.1, -0.05) is 20.8 Å². The number of rotatable bonds is 7. The average molecular weight is 229 g/mol. The topological polar surface area (TPSA) is 30.5 Å². The molecular weight excluding hydrogens is 202 g/mol. The Bertz CT molecular complexity index is 194. The first kappa shape index (κ1) is 13.9. The highest BCUT2D eigenvalue weighted by Gasteiger charge is 2.41. The molecule has 1 fully saturated rings. The van der Waals surface area contributed by atoms with Crippen LogP contribution in [-0.4, -0.2) is 39.0 Å². The van der Waals surface area contributed by atoms with Gasteiger partial charge in [-0.05, 0) is 31.2 Å². The molecule has 0 saturated heterocycles. The Morgan fingerprint density at radius 2 is 2.06 bits per heavy atom. The fraction of sp³-hybridized carbons (Fsp3) is 1.00. The number of nitrogens with one attached hydrogen (secondary N) is 1. The molecule has 2 unspecified atom stereocenters. The maximum Gasteiger partial charge on any atom is 0.0733 e. The SMILES string of the molecule is CCNC1C(OCCCOC)CCC1(C)C. The molecule has 0 aliphatic heterocycles. The third kappa shape index (κ3) is 3.72. The predicted molar refractivity (Wildman–Crippen MR) is 66.7 cm³/mol. The van der Waals surface area contributed by atoms with Gasteiger partial charge in [-0.25, -0.2) is 0 Å². The summed E-state index contributed by atoms with van der Waals surface area (Å²) in [5, 5.41) is 3.57. The van der Waals surface area contributed by atoms with Gasteiger partial charge in [-0.15, -0.1) is 0 Å². The van der Waals surface area contributed by atoms with Gasteiger partial charge in [0.1, 0.15) is 0 Å². The minimum Gasteiger partial charge on any atom is -0.385 e. The van der Waals surface area contributed by atoms with Crippen molar-refractivity contribution in [2.24, 2.45) is 5.41 Å². The molecule has 0 heterocycles. The van der Waals surface area contributed by atoms with E-state index in [4.69, 9.17) is 9.47 Å². The van der Waals surface area contributed by atoms with E-state index >= 15 is 0 Å². The van der Waals surface area contributed by atoms with E-state index in [1.54, 1.807) is 7.11 Å². The molecule has 0 amide bonds. The fourth-order valence-electron chi connectivity index (χ4n) is 2.58. The molecule has 0 spiro atoms. The Morgan fingerprint density at radius 3 is 2.69 bits per heavy atom. The van der Waals surface area contributed by atoms with Crippen LogP contribution in [0.3, 0.4) is 0 Å². The van der Waals surface area contributed by atoms with Gasteiger partial charge in [-0.2, -0.15) is 0 Å². The van der Waals surface area contributed by atoms with Gasteiger partial charge in [0.15, 0.2) is 0 Å². The Morgan fingerprint density at radius 1 is 1.31 bits per heavy atom. The number of likely N-dealkylation sites (N-methyl/N-ethyl adjacent to an activating group) is 1. The highest BCUT2D eigenvalue weighted by atomic mass is 16.5. The first-order valence-corrected chi connectivity index (χ1v) is 6.45. The van der Waals surface area contributed by atoms with Gasteiger partial charge < -0.3 is 14.8 Å². The van der Waals surface area contributed by atoms with Crippen molar-refractivity contribution in [3.63, 3.8) is 0 Å². The largest absolute Gasteiger partial charge is 0.385 e. The predicted octanol–water partition coefficient (Wildman–Crippen LogP) is 2.21. The van der Waals surface area contributed by atoms with E-state index in [9.17, 15) is 0 Å². The summed E-state index contributed by atoms with van der Waals surface area (Å²) in [5.74, 6) is 0. The van der Waals surface area contributed by atoms with E-state index in [0.29, 0.717) is 17.6 Å². The molecule has 0 radical (unpaired) electrons. The molecule has 96 valence electrons. The third-order valence-corrected chi connectivity index (χ3v) is 3.54. The molecule has 0 aromatic carbocycles. The molecule has 0 aromatic rings. The molecule has 3 heteroatoms. The summed E-state index contributed by atoms with van der Waals surface area (Å²) < 4.78 is 11.0. The zero-order valence-corrected chi connectivity index (χ0v) is 11.2. The first-order chi connectivity index (χ1) is 7.61. The molecule has 2 atom stereocenters. The monoisotopic (exact) mass is 229 g/mol. The summed E-state index contributed by atoms with van der Waals surface area (Å²) in [7, 11) is 1.74. The van der Waals surface area contributed by atoms with Gasteiger partial charge >= 0.3 is 0 Å². The summed E-state index contributed by atoms with van der Waals surface area (Å²) in [6, 6.07) is 0.500. The second-order valence-corrected chi connectivity index (χ2v) is 5.32. The lowest BCUT2D eigenvalue weighted by atomic mass is 9.87. The van der Waals surface area contributed by atoms with Crippen molar-refractivity contribution in [2.75, 3.05) is 26.9 Å². The number of hydrogen-bond acceptors (Lipinski definition) is 3. The molecule has 1 rings (SSSR count). The van der Waals surface area contributed by atoms with Crippen LogP contribution in [0.2, 0.25) is 0 Å². The molecule has 1 saturated carbocycles. The van der Waals surface area contributed by atoms with Crippen LogP contribution in [0.4, 0.5) is 0 Å². The van der Waals surface area contributed by atoms with Gasteiger partial charge in [0, 0.05) is 26.4 Å². The van der Waals surface area contributed by atoms with Crippen molar-refractivity contribution < 1.29 is 9.47 Å². The zero-order chi connectivity index (χ0) is 12.0. The average Bonchev–Trinajstić information content (AvgIpc) is 2.52. The Labute approximate surface area is 99.9 Å². The summed E-state index contributed by atoms with van der Waals surface area (Å²) in [4.78, 5) is 0. The van der Waals surface area contributed by atoms with Gasteiger partial charge in [-0.3, -0.25) is 0 Å². The second-order valence-electron chi connectivity index (χ2n) is 5.32.